The van der Waals surface area contributed by atoms with E-state index in [0.29, 0.717) is 0 Å². The molecular formula is C19H14N2O2. The van der Waals surface area contributed by atoms with Crippen LogP contribution in [0.5, 0.6) is 11.5 Å². The van der Waals surface area contributed by atoms with Gasteiger partial charge in [0.05, 0.1) is 18.3 Å². The minimum absolute atomic E-state index is 0.148. The molecule has 0 bridgehead atoms. The molecule has 4 heteroatoms. The molecule has 0 fully saturated rings. The number of phenolic OH excluding ortho intramolecular Hbond substituents is 1. The number of benzene rings is 2. The molecule has 0 aliphatic carbocycles. The van der Waals surface area contributed by atoms with Crippen LogP contribution in [0.25, 0.3) is 12.2 Å². The van der Waals surface area contributed by atoms with E-state index in [9.17, 15) is 15.6 Å². The smallest absolute Gasteiger partial charge is 0.118 e. The van der Waals surface area contributed by atoms with Gasteiger partial charge < -0.3 is 9.84 Å². The van der Waals surface area contributed by atoms with Crippen LogP contribution < -0.4 is 4.74 Å². The standard InChI is InChI=1S/C19H14N2O2/c1-23-19-8-4-15(5-9-19)11-17(13-21)16(12-20)10-14-2-6-18(22)7-3-14/h2-11,22H,1H3. The van der Waals surface area contributed by atoms with E-state index in [4.69, 9.17) is 4.74 Å². The third kappa shape index (κ3) is 4.23. The monoisotopic (exact) mass is 302 g/mol. The lowest BCUT2D eigenvalue weighted by Gasteiger charge is -2.01. The lowest BCUT2D eigenvalue weighted by molar-refractivity contribution is 0.415. The Hall–Kier alpha value is -3.50. The van der Waals surface area contributed by atoms with Crippen molar-refractivity contribution in [3.8, 4) is 23.6 Å². The van der Waals surface area contributed by atoms with Gasteiger partial charge in [0, 0.05) is 0 Å². The number of hydrogen-bond acceptors (Lipinski definition) is 4. The molecule has 1 N–H and O–H groups in total. The van der Waals surface area contributed by atoms with Crippen molar-refractivity contribution in [1.82, 2.24) is 0 Å². The van der Waals surface area contributed by atoms with E-state index in [1.165, 1.54) is 12.1 Å². The van der Waals surface area contributed by atoms with E-state index in [-0.39, 0.29) is 16.9 Å². The first-order chi connectivity index (χ1) is 11.2. The number of hydrogen-bond donors (Lipinski definition) is 1. The third-order valence-corrected chi connectivity index (χ3v) is 3.16. The highest BCUT2D eigenvalue weighted by atomic mass is 16.5. The van der Waals surface area contributed by atoms with Crippen molar-refractivity contribution in [3.05, 3.63) is 70.8 Å². The van der Waals surface area contributed by atoms with Gasteiger partial charge in [-0.2, -0.15) is 10.5 Å². The largest absolute Gasteiger partial charge is 0.508 e. The fraction of sp³-hybridized carbons (Fsp3) is 0.0526. The Morgan fingerprint density at radius 1 is 0.870 bits per heavy atom. The minimum Gasteiger partial charge on any atom is -0.508 e. The van der Waals surface area contributed by atoms with E-state index in [1.54, 1.807) is 43.5 Å². The molecular weight excluding hydrogens is 288 g/mol. The van der Waals surface area contributed by atoms with Crippen LogP contribution in [0.3, 0.4) is 0 Å². The summed E-state index contributed by atoms with van der Waals surface area (Å²) in [5.41, 5.74) is 2.06. The van der Waals surface area contributed by atoms with Gasteiger partial charge in [-0.1, -0.05) is 24.3 Å². The molecule has 2 rings (SSSR count). The summed E-state index contributed by atoms with van der Waals surface area (Å²) in [7, 11) is 1.58. The Bertz CT molecular complexity index is 818. The van der Waals surface area contributed by atoms with E-state index >= 15 is 0 Å². The number of phenols is 1. The molecule has 23 heavy (non-hydrogen) atoms. The molecule has 0 radical (unpaired) electrons. The van der Waals surface area contributed by atoms with Crippen molar-refractivity contribution in [1.29, 1.82) is 10.5 Å². The average Bonchev–Trinajstić information content (AvgIpc) is 2.60. The van der Waals surface area contributed by atoms with Gasteiger partial charge in [0.1, 0.15) is 23.6 Å². The Morgan fingerprint density at radius 2 is 1.30 bits per heavy atom. The van der Waals surface area contributed by atoms with Crippen LogP contribution in [0.2, 0.25) is 0 Å². The van der Waals surface area contributed by atoms with Gasteiger partial charge in [-0.3, -0.25) is 0 Å². The van der Waals surface area contributed by atoms with Crippen molar-refractivity contribution in [2.45, 2.75) is 0 Å². The fourth-order valence-electron chi connectivity index (χ4n) is 1.94. The molecule has 0 amide bonds. The number of ether oxygens (including phenoxy) is 1. The Morgan fingerprint density at radius 3 is 1.70 bits per heavy atom. The second-order valence-corrected chi connectivity index (χ2v) is 4.70. The van der Waals surface area contributed by atoms with Gasteiger partial charge in [0.25, 0.3) is 0 Å². The van der Waals surface area contributed by atoms with Gasteiger partial charge >= 0.3 is 0 Å². The van der Waals surface area contributed by atoms with Gasteiger partial charge in [-0.05, 0) is 47.5 Å². The predicted molar refractivity (Wildman–Crippen MR) is 88.3 cm³/mol. The molecule has 0 saturated carbocycles. The van der Waals surface area contributed by atoms with Gasteiger partial charge in [-0.15, -0.1) is 0 Å². The van der Waals surface area contributed by atoms with Crippen LogP contribution in [0.15, 0.2) is 59.7 Å². The average molecular weight is 302 g/mol. The highest BCUT2D eigenvalue weighted by Crippen LogP contribution is 2.20. The van der Waals surface area contributed by atoms with E-state index in [0.717, 1.165) is 16.9 Å². The molecule has 0 atom stereocenters. The van der Waals surface area contributed by atoms with Crippen molar-refractivity contribution in [2.24, 2.45) is 0 Å². The molecule has 0 aliphatic heterocycles. The topological polar surface area (TPSA) is 77.0 Å². The predicted octanol–water partition coefficient (Wildman–Crippen LogP) is 3.91. The molecule has 0 spiro atoms. The van der Waals surface area contributed by atoms with Crippen molar-refractivity contribution in [3.63, 3.8) is 0 Å². The Labute approximate surface area is 134 Å². The number of allylic oxidation sites excluding steroid dienone is 2. The summed E-state index contributed by atoms with van der Waals surface area (Å²) in [6.07, 6.45) is 3.26. The molecule has 0 aromatic heterocycles. The highest BCUT2D eigenvalue weighted by molar-refractivity contribution is 5.74. The second-order valence-electron chi connectivity index (χ2n) is 4.70. The Balaban J connectivity index is 2.36. The van der Waals surface area contributed by atoms with E-state index < -0.39 is 0 Å². The maximum Gasteiger partial charge on any atom is 0.118 e. The molecule has 2 aromatic carbocycles. The number of methoxy groups -OCH3 is 1. The van der Waals surface area contributed by atoms with Crippen LogP contribution >= 0.6 is 0 Å². The molecule has 0 heterocycles. The normalized spacial score (nSPS) is 11.4. The lowest BCUT2D eigenvalue weighted by Crippen LogP contribution is -1.86. The summed E-state index contributed by atoms with van der Waals surface area (Å²) in [6.45, 7) is 0. The Kier molecular flexibility index (Phi) is 5.17. The zero-order chi connectivity index (χ0) is 16.7. The lowest BCUT2D eigenvalue weighted by atomic mass is 10.0. The summed E-state index contributed by atoms with van der Waals surface area (Å²) in [6, 6.07) is 17.7. The maximum absolute atomic E-state index is 9.34. The van der Waals surface area contributed by atoms with Crippen molar-refractivity contribution >= 4 is 12.2 Å². The molecule has 0 saturated heterocycles. The first-order valence-corrected chi connectivity index (χ1v) is 6.83. The fourth-order valence-corrected chi connectivity index (χ4v) is 1.94. The highest BCUT2D eigenvalue weighted by Gasteiger charge is 2.05. The summed E-state index contributed by atoms with van der Waals surface area (Å²) < 4.78 is 5.09. The van der Waals surface area contributed by atoms with Gasteiger partial charge in [-0.25, -0.2) is 0 Å². The van der Waals surface area contributed by atoms with Gasteiger partial charge in [0.2, 0.25) is 0 Å². The molecule has 0 aliphatic rings. The maximum atomic E-state index is 9.34. The first-order valence-electron chi connectivity index (χ1n) is 6.83. The van der Waals surface area contributed by atoms with Gasteiger partial charge in [0.15, 0.2) is 0 Å². The third-order valence-electron chi connectivity index (χ3n) is 3.16. The minimum atomic E-state index is 0.148. The van der Waals surface area contributed by atoms with Crippen molar-refractivity contribution < 1.29 is 9.84 Å². The summed E-state index contributed by atoms with van der Waals surface area (Å²) in [4.78, 5) is 0. The summed E-state index contributed by atoms with van der Waals surface area (Å²) in [5.74, 6) is 0.871. The molecule has 4 nitrogen and oxygen atoms in total. The molecule has 112 valence electrons. The van der Waals surface area contributed by atoms with E-state index in [2.05, 4.69) is 6.07 Å². The molecule has 2 aromatic rings. The first kappa shape index (κ1) is 15.9. The number of rotatable bonds is 4. The van der Waals surface area contributed by atoms with Crippen LogP contribution in [0.4, 0.5) is 0 Å². The SMILES string of the molecule is COc1ccc(C=C(C#N)C(C#N)=Cc2ccc(O)cc2)cc1. The van der Waals surface area contributed by atoms with Crippen LogP contribution in [-0.2, 0) is 0 Å². The zero-order valence-electron chi connectivity index (χ0n) is 12.5. The van der Waals surface area contributed by atoms with Crippen LogP contribution in [0, 0.1) is 22.7 Å². The quantitative estimate of drug-likeness (QED) is 0.686. The number of nitriles is 2. The number of aromatic hydroxyl groups is 1. The van der Waals surface area contributed by atoms with Crippen molar-refractivity contribution in [2.75, 3.05) is 7.11 Å². The summed E-state index contributed by atoms with van der Waals surface area (Å²) >= 11 is 0. The summed E-state index contributed by atoms with van der Waals surface area (Å²) in [5, 5.41) is 27.9. The zero-order valence-corrected chi connectivity index (χ0v) is 12.5. The van der Waals surface area contributed by atoms with Crippen LogP contribution in [0.1, 0.15) is 11.1 Å². The number of nitrogens with zero attached hydrogens (tertiary/aromatic N) is 2. The van der Waals surface area contributed by atoms with E-state index in [1.807, 2.05) is 18.2 Å². The second kappa shape index (κ2) is 7.49. The molecule has 0 unspecified atom stereocenters. The van der Waals surface area contributed by atoms with Crippen LogP contribution in [-0.4, -0.2) is 12.2 Å².